The van der Waals surface area contributed by atoms with E-state index in [9.17, 15) is 9.59 Å². The highest BCUT2D eigenvalue weighted by Crippen LogP contribution is 2.02. The van der Waals surface area contributed by atoms with Gasteiger partial charge in [-0.25, -0.2) is 4.79 Å². The fourth-order valence-electron chi connectivity index (χ4n) is 1.62. The molecule has 0 bridgehead atoms. The average molecular weight is 229 g/mol. The first kappa shape index (κ1) is 12.9. The molecule has 0 radical (unpaired) electrons. The monoisotopic (exact) mass is 229 g/mol. The molecule has 0 aromatic heterocycles. The van der Waals surface area contributed by atoms with E-state index in [2.05, 4.69) is 5.32 Å². The van der Waals surface area contributed by atoms with Crippen LogP contribution in [0.3, 0.4) is 0 Å². The number of nitrogens with zero attached hydrogens (tertiary/aromatic N) is 2. The molecule has 0 aliphatic carbocycles. The first-order chi connectivity index (χ1) is 7.56. The Morgan fingerprint density at radius 2 is 2.31 bits per heavy atom. The first-order valence-corrected chi connectivity index (χ1v) is 5.49. The van der Waals surface area contributed by atoms with Crippen molar-refractivity contribution in [3.63, 3.8) is 0 Å². The summed E-state index contributed by atoms with van der Waals surface area (Å²) in [4.78, 5) is 26.1. The maximum Gasteiger partial charge on any atom is 0.324 e. The van der Waals surface area contributed by atoms with Gasteiger partial charge in [-0.05, 0) is 13.8 Å². The molecule has 16 heavy (non-hydrogen) atoms. The Balaban J connectivity index is 2.50. The summed E-state index contributed by atoms with van der Waals surface area (Å²) in [6.45, 7) is 5.48. The van der Waals surface area contributed by atoms with Gasteiger partial charge in [-0.1, -0.05) is 0 Å². The molecule has 0 saturated carbocycles. The zero-order valence-electron chi connectivity index (χ0n) is 9.77. The van der Waals surface area contributed by atoms with Gasteiger partial charge in [0.15, 0.2) is 0 Å². The van der Waals surface area contributed by atoms with E-state index in [1.54, 1.807) is 0 Å². The van der Waals surface area contributed by atoms with Gasteiger partial charge in [0.2, 0.25) is 5.91 Å². The van der Waals surface area contributed by atoms with Crippen molar-refractivity contribution in [1.29, 1.82) is 0 Å². The molecule has 0 atom stereocenters. The van der Waals surface area contributed by atoms with Crippen LogP contribution >= 0.6 is 0 Å². The van der Waals surface area contributed by atoms with Crippen molar-refractivity contribution < 1.29 is 14.7 Å². The van der Waals surface area contributed by atoms with Gasteiger partial charge < -0.3 is 10.4 Å². The number of hydrogen-bond donors (Lipinski definition) is 2. The second kappa shape index (κ2) is 5.81. The van der Waals surface area contributed by atoms with Crippen molar-refractivity contribution in [3.8, 4) is 0 Å². The normalized spacial score (nSPS) is 16.1. The minimum atomic E-state index is -0.322. The van der Waals surface area contributed by atoms with E-state index in [1.165, 1.54) is 4.90 Å². The maximum absolute atomic E-state index is 11.8. The molecule has 1 saturated heterocycles. The van der Waals surface area contributed by atoms with Gasteiger partial charge in [-0.15, -0.1) is 0 Å². The van der Waals surface area contributed by atoms with Crippen molar-refractivity contribution >= 4 is 11.9 Å². The van der Waals surface area contributed by atoms with Crippen molar-refractivity contribution in [1.82, 2.24) is 15.1 Å². The van der Waals surface area contributed by atoms with Gasteiger partial charge in [-0.2, -0.15) is 0 Å². The fourth-order valence-corrected chi connectivity index (χ4v) is 1.62. The van der Waals surface area contributed by atoms with Gasteiger partial charge in [0.1, 0.15) is 0 Å². The van der Waals surface area contributed by atoms with Crippen LogP contribution in [-0.2, 0) is 4.79 Å². The molecular weight excluding hydrogens is 210 g/mol. The van der Waals surface area contributed by atoms with Crippen LogP contribution < -0.4 is 5.32 Å². The number of nitrogens with one attached hydrogen (secondary N) is 1. The van der Waals surface area contributed by atoms with Crippen LogP contribution in [0, 0.1) is 0 Å². The third-order valence-corrected chi connectivity index (χ3v) is 2.61. The summed E-state index contributed by atoms with van der Waals surface area (Å²) in [5.74, 6) is -0.211. The molecule has 6 heteroatoms. The number of hydrogen-bond acceptors (Lipinski definition) is 4. The number of amides is 3. The second-order valence-electron chi connectivity index (χ2n) is 4.07. The molecular formula is C10H19N3O3. The molecule has 0 unspecified atom stereocenters. The van der Waals surface area contributed by atoms with Crippen LogP contribution in [-0.4, -0.2) is 65.7 Å². The van der Waals surface area contributed by atoms with Crippen LogP contribution in [0.15, 0.2) is 0 Å². The van der Waals surface area contributed by atoms with Crippen molar-refractivity contribution in [3.05, 3.63) is 0 Å². The van der Waals surface area contributed by atoms with E-state index >= 15 is 0 Å². The molecule has 6 nitrogen and oxygen atoms in total. The lowest BCUT2D eigenvalue weighted by Gasteiger charge is -2.26. The Morgan fingerprint density at radius 3 is 2.75 bits per heavy atom. The number of imide groups is 1. The predicted octanol–water partition coefficient (Wildman–Crippen LogP) is -0.759. The van der Waals surface area contributed by atoms with Crippen molar-refractivity contribution in [2.24, 2.45) is 0 Å². The Morgan fingerprint density at radius 1 is 1.62 bits per heavy atom. The van der Waals surface area contributed by atoms with Gasteiger partial charge >= 0.3 is 6.03 Å². The molecule has 1 heterocycles. The quantitative estimate of drug-likeness (QED) is 0.650. The van der Waals surface area contributed by atoms with Gasteiger partial charge in [0.05, 0.1) is 13.2 Å². The van der Waals surface area contributed by atoms with Gasteiger partial charge in [0.25, 0.3) is 0 Å². The lowest BCUT2D eigenvalue weighted by Crippen LogP contribution is -2.45. The van der Waals surface area contributed by atoms with Crippen LogP contribution in [0.2, 0.25) is 0 Å². The summed E-state index contributed by atoms with van der Waals surface area (Å²) in [6.07, 6.45) is 0. The molecule has 1 aliphatic rings. The van der Waals surface area contributed by atoms with Crippen LogP contribution in [0.5, 0.6) is 0 Å². The Kier molecular flexibility index (Phi) is 4.70. The molecule has 1 rings (SSSR count). The van der Waals surface area contributed by atoms with E-state index < -0.39 is 0 Å². The molecule has 1 fully saturated rings. The number of aliphatic hydroxyl groups excluding tert-OH is 1. The topological polar surface area (TPSA) is 72.9 Å². The van der Waals surface area contributed by atoms with E-state index in [4.69, 9.17) is 5.11 Å². The molecule has 1 aliphatic heterocycles. The third kappa shape index (κ3) is 3.18. The van der Waals surface area contributed by atoms with E-state index in [0.717, 1.165) is 0 Å². The molecule has 0 spiro atoms. The highest BCUT2D eigenvalue weighted by atomic mass is 16.3. The molecule has 92 valence electrons. The largest absolute Gasteiger partial charge is 0.395 e. The zero-order chi connectivity index (χ0) is 12.1. The number of rotatable bonds is 5. The van der Waals surface area contributed by atoms with Gasteiger partial charge in [-0.3, -0.25) is 14.6 Å². The Labute approximate surface area is 95.2 Å². The maximum atomic E-state index is 11.8. The Bertz CT molecular complexity index is 268. The summed E-state index contributed by atoms with van der Waals surface area (Å²) in [7, 11) is 0. The standard InChI is InChI=1S/C10H19N3O3/c1-8(2)12(5-6-14)7-9(15)13-4-3-11-10(13)16/h8,14H,3-7H2,1-2H3,(H,11,16). The fraction of sp³-hybridized carbons (Fsp3) is 0.800. The van der Waals surface area contributed by atoms with Crippen LogP contribution in [0.4, 0.5) is 4.79 Å². The number of carbonyl (C=O) groups is 2. The van der Waals surface area contributed by atoms with E-state index in [-0.39, 0.29) is 31.1 Å². The number of aliphatic hydroxyl groups is 1. The molecule has 0 aromatic rings. The van der Waals surface area contributed by atoms with Crippen molar-refractivity contribution in [2.75, 3.05) is 32.8 Å². The van der Waals surface area contributed by atoms with Crippen LogP contribution in [0.25, 0.3) is 0 Å². The molecule has 0 aromatic carbocycles. The Hall–Kier alpha value is -1.14. The van der Waals surface area contributed by atoms with Gasteiger partial charge in [0, 0.05) is 25.7 Å². The highest BCUT2D eigenvalue weighted by Gasteiger charge is 2.27. The number of urea groups is 1. The summed E-state index contributed by atoms with van der Waals surface area (Å²) in [6, 6.07) is -0.153. The highest BCUT2D eigenvalue weighted by molar-refractivity contribution is 5.96. The number of carbonyl (C=O) groups excluding carboxylic acids is 2. The lowest BCUT2D eigenvalue weighted by atomic mass is 10.3. The zero-order valence-corrected chi connectivity index (χ0v) is 9.77. The van der Waals surface area contributed by atoms with Crippen molar-refractivity contribution in [2.45, 2.75) is 19.9 Å². The smallest absolute Gasteiger partial charge is 0.324 e. The summed E-state index contributed by atoms with van der Waals surface area (Å²) < 4.78 is 0. The van der Waals surface area contributed by atoms with Crippen LogP contribution in [0.1, 0.15) is 13.8 Å². The minimum absolute atomic E-state index is 0.0116. The molecule has 2 N–H and O–H groups in total. The summed E-state index contributed by atoms with van der Waals surface area (Å²) >= 11 is 0. The second-order valence-corrected chi connectivity index (χ2v) is 4.07. The minimum Gasteiger partial charge on any atom is -0.395 e. The average Bonchev–Trinajstić information content (AvgIpc) is 2.63. The molecule has 3 amide bonds. The predicted molar refractivity (Wildman–Crippen MR) is 58.9 cm³/mol. The van der Waals surface area contributed by atoms with E-state index in [1.807, 2.05) is 18.7 Å². The lowest BCUT2D eigenvalue weighted by molar-refractivity contribution is -0.129. The summed E-state index contributed by atoms with van der Waals surface area (Å²) in [5.41, 5.74) is 0. The van der Waals surface area contributed by atoms with E-state index in [0.29, 0.717) is 19.6 Å². The third-order valence-electron chi connectivity index (χ3n) is 2.61. The SMILES string of the molecule is CC(C)N(CCO)CC(=O)N1CCNC1=O. The summed E-state index contributed by atoms with van der Waals surface area (Å²) in [5, 5.41) is 11.5. The first-order valence-electron chi connectivity index (χ1n) is 5.49.